The van der Waals surface area contributed by atoms with Gasteiger partial charge in [0.25, 0.3) is 0 Å². The molecule has 5 nitrogen and oxygen atoms in total. The second kappa shape index (κ2) is 3.74. The van der Waals surface area contributed by atoms with Crippen LogP contribution in [0.5, 0.6) is 0 Å². The van der Waals surface area contributed by atoms with Gasteiger partial charge in [-0.2, -0.15) is 5.10 Å². The van der Waals surface area contributed by atoms with Crippen molar-refractivity contribution in [3.8, 4) is 11.3 Å². The fraction of sp³-hybridized carbons (Fsp3) is 0.167. The second-order valence-electron chi connectivity index (χ2n) is 4.19. The Bertz CT molecular complexity index is 740. The Balaban J connectivity index is 2.30. The van der Waals surface area contributed by atoms with Crippen LogP contribution in [0.3, 0.4) is 0 Å². The topological polar surface area (TPSA) is 61.1 Å². The van der Waals surface area contributed by atoms with E-state index in [1.54, 1.807) is 27.5 Å². The molecule has 0 aliphatic rings. The maximum absolute atomic E-state index is 6.12. The lowest BCUT2D eigenvalue weighted by Crippen LogP contribution is -1.95. The van der Waals surface area contributed by atoms with E-state index >= 15 is 0 Å². The average Bonchev–Trinajstić information content (AvgIpc) is 2.83. The van der Waals surface area contributed by atoms with Crippen LogP contribution in [0.2, 0.25) is 5.02 Å². The lowest BCUT2D eigenvalue weighted by atomic mass is 10.2. The zero-order valence-electron chi connectivity index (χ0n) is 10.1. The molecule has 3 heterocycles. The summed E-state index contributed by atoms with van der Waals surface area (Å²) in [4.78, 5) is 4.52. The van der Waals surface area contributed by atoms with Crippen molar-refractivity contribution in [3.05, 3.63) is 35.2 Å². The van der Waals surface area contributed by atoms with E-state index in [0.29, 0.717) is 10.8 Å². The van der Waals surface area contributed by atoms with Gasteiger partial charge < -0.3 is 5.73 Å². The summed E-state index contributed by atoms with van der Waals surface area (Å²) in [5.74, 6) is 0.573. The SMILES string of the molecule is Cc1c(-c2nc3ccc(Cl)cn3c2N)cnn1C. The van der Waals surface area contributed by atoms with Crippen molar-refractivity contribution in [1.29, 1.82) is 0 Å². The molecule has 0 spiro atoms. The number of nitrogens with zero attached hydrogens (tertiary/aromatic N) is 4. The van der Waals surface area contributed by atoms with Crippen LogP contribution in [-0.4, -0.2) is 19.2 Å². The first kappa shape index (κ1) is 11.1. The van der Waals surface area contributed by atoms with Gasteiger partial charge in [-0.25, -0.2) is 4.98 Å². The van der Waals surface area contributed by atoms with Gasteiger partial charge in [0.05, 0.1) is 11.2 Å². The summed E-state index contributed by atoms with van der Waals surface area (Å²) in [5.41, 5.74) is 9.60. The Kier molecular flexibility index (Phi) is 2.31. The van der Waals surface area contributed by atoms with E-state index in [9.17, 15) is 0 Å². The van der Waals surface area contributed by atoms with Crippen LogP contribution in [-0.2, 0) is 7.05 Å². The van der Waals surface area contributed by atoms with E-state index < -0.39 is 0 Å². The summed E-state index contributed by atoms with van der Waals surface area (Å²) in [6.45, 7) is 1.98. The second-order valence-corrected chi connectivity index (χ2v) is 4.62. The van der Waals surface area contributed by atoms with E-state index in [1.165, 1.54) is 0 Å². The first-order chi connectivity index (χ1) is 8.58. The minimum atomic E-state index is 0.573. The number of anilines is 1. The van der Waals surface area contributed by atoms with Crippen LogP contribution in [0.1, 0.15) is 5.69 Å². The monoisotopic (exact) mass is 261 g/mol. The fourth-order valence-corrected chi connectivity index (χ4v) is 2.13. The van der Waals surface area contributed by atoms with Crippen molar-refractivity contribution in [2.45, 2.75) is 6.92 Å². The number of hydrogen-bond acceptors (Lipinski definition) is 3. The van der Waals surface area contributed by atoms with Gasteiger partial charge in [-0.3, -0.25) is 9.08 Å². The quantitative estimate of drug-likeness (QED) is 0.731. The molecule has 0 aromatic carbocycles. The number of hydrogen-bond donors (Lipinski definition) is 1. The number of imidazole rings is 1. The molecule has 0 bridgehead atoms. The van der Waals surface area contributed by atoms with Crippen LogP contribution in [0, 0.1) is 6.92 Å². The third-order valence-corrected chi connectivity index (χ3v) is 3.33. The Morgan fingerprint density at radius 1 is 1.33 bits per heavy atom. The highest BCUT2D eigenvalue weighted by Crippen LogP contribution is 2.29. The first-order valence-electron chi connectivity index (χ1n) is 5.50. The summed E-state index contributed by atoms with van der Waals surface area (Å²) in [5, 5.41) is 4.83. The molecule has 0 fully saturated rings. The summed E-state index contributed by atoms with van der Waals surface area (Å²) in [6.07, 6.45) is 3.53. The number of rotatable bonds is 1. The smallest absolute Gasteiger partial charge is 0.139 e. The maximum Gasteiger partial charge on any atom is 0.139 e. The van der Waals surface area contributed by atoms with Crippen molar-refractivity contribution in [2.24, 2.45) is 7.05 Å². The standard InChI is InChI=1S/C12H12ClN5/c1-7-9(5-15-17(7)2)11-12(14)18-6-8(13)3-4-10(18)16-11/h3-6H,14H2,1-2H3. The van der Waals surface area contributed by atoms with Crippen LogP contribution in [0.4, 0.5) is 5.82 Å². The Hall–Kier alpha value is -2.01. The van der Waals surface area contributed by atoms with Crippen molar-refractivity contribution in [1.82, 2.24) is 19.2 Å². The predicted octanol–water partition coefficient (Wildman–Crippen LogP) is 2.28. The minimum absolute atomic E-state index is 0.573. The molecule has 18 heavy (non-hydrogen) atoms. The molecule has 0 atom stereocenters. The van der Waals surface area contributed by atoms with Gasteiger partial charge >= 0.3 is 0 Å². The zero-order valence-corrected chi connectivity index (χ0v) is 10.8. The molecule has 3 aromatic rings. The number of halogens is 1. The van der Waals surface area contributed by atoms with E-state index in [2.05, 4.69) is 10.1 Å². The molecule has 0 unspecified atom stereocenters. The molecule has 0 saturated carbocycles. The van der Waals surface area contributed by atoms with E-state index in [0.717, 1.165) is 22.6 Å². The van der Waals surface area contributed by atoms with Gasteiger partial charge in [-0.05, 0) is 19.1 Å². The van der Waals surface area contributed by atoms with Crippen LogP contribution in [0.25, 0.3) is 16.9 Å². The van der Waals surface area contributed by atoms with Crippen molar-refractivity contribution >= 4 is 23.1 Å². The molecule has 92 valence electrons. The van der Waals surface area contributed by atoms with Gasteiger partial charge in [0.2, 0.25) is 0 Å². The summed E-state index contributed by atoms with van der Waals surface area (Å²) >= 11 is 5.96. The van der Waals surface area contributed by atoms with E-state index in [-0.39, 0.29) is 0 Å². The number of nitrogen functional groups attached to an aromatic ring is 1. The number of aryl methyl sites for hydroxylation is 1. The summed E-state index contributed by atoms with van der Waals surface area (Å²) < 4.78 is 3.58. The lowest BCUT2D eigenvalue weighted by molar-refractivity contribution is 0.740. The van der Waals surface area contributed by atoms with Crippen molar-refractivity contribution in [2.75, 3.05) is 5.73 Å². The Labute approximate surface area is 109 Å². The molecule has 0 radical (unpaired) electrons. The van der Waals surface area contributed by atoms with Gasteiger partial charge in [-0.15, -0.1) is 0 Å². The average molecular weight is 262 g/mol. The van der Waals surface area contributed by atoms with Gasteiger partial charge in [0.1, 0.15) is 17.2 Å². The number of fused-ring (bicyclic) bond motifs is 1. The highest BCUT2D eigenvalue weighted by atomic mass is 35.5. The van der Waals surface area contributed by atoms with Gasteiger partial charge in [0.15, 0.2) is 0 Å². The molecule has 0 aliphatic carbocycles. The predicted molar refractivity (Wildman–Crippen MR) is 71.6 cm³/mol. The van der Waals surface area contributed by atoms with E-state index in [1.807, 2.05) is 20.0 Å². The molecule has 3 aromatic heterocycles. The minimum Gasteiger partial charge on any atom is -0.383 e. The van der Waals surface area contributed by atoms with Crippen LogP contribution < -0.4 is 5.73 Å². The molecule has 2 N–H and O–H groups in total. The first-order valence-corrected chi connectivity index (χ1v) is 5.88. The molecule has 3 rings (SSSR count). The maximum atomic E-state index is 6.12. The molecule has 0 saturated heterocycles. The number of nitrogens with two attached hydrogens (primary N) is 1. The third-order valence-electron chi connectivity index (χ3n) is 3.11. The van der Waals surface area contributed by atoms with Gasteiger partial charge in [0, 0.05) is 24.5 Å². The molecular formula is C12H12ClN5. The summed E-state index contributed by atoms with van der Waals surface area (Å²) in [6, 6.07) is 3.64. The molecule has 0 aliphatic heterocycles. The highest BCUT2D eigenvalue weighted by Gasteiger charge is 2.15. The number of aromatic nitrogens is 4. The zero-order chi connectivity index (χ0) is 12.9. The van der Waals surface area contributed by atoms with Crippen LogP contribution >= 0.6 is 11.6 Å². The van der Waals surface area contributed by atoms with Crippen LogP contribution in [0.15, 0.2) is 24.5 Å². The van der Waals surface area contributed by atoms with Crippen molar-refractivity contribution < 1.29 is 0 Å². The van der Waals surface area contributed by atoms with Crippen molar-refractivity contribution in [3.63, 3.8) is 0 Å². The largest absolute Gasteiger partial charge is 0.383 e. The van der Waals surface area contributed by atoms with Gasteiger partial charge in [-0.1, -0.05) is 11.6 Å². The van der Waals surface area contributed by atoms with E-state index in [4.69, 9.17) is 17.3 Å². The molecule has 0 amide bonds. The molecular weight excluding hydrogens is 250 g/mol. The Morgan fingerprint density at radius 3 is 2.78 bits per heavy atom. The summed E-state index contributed by atoms with van der Waals surface area (Å²) in [7, 11) is 1.89. The molecule has 6 heteroatoms. The number of pyridine rings is 1. The Morgan fingerprint density at radius 2 is 2.11 bits per heavy atom. The lowest BCUT2D eigenvalue weighted by Gasteiger charge is -1.99. The third kappa shape index (κ3) is 1.48. The normalized spacial score (nSPS) is 11.3. The highest BCUT2D eigenvalue weighted by molar-refractivity contribution is 6.30. The fourth-order valence-electron chi connectivity index (χ4n) is 1.97.